The lowest BCUT2D eigenvalue weighted by molar-refractivity contribution is 0.299. The van der Waals surface area contributed by atoms with Crippen molar-refractivity contribution < 1.29 is 18.9 Å². The first-order chi connectivity index (χ1) is 71.4. The van der Waals surface area contributed by atoms with E-state index in [4.69, 9.17) is 18.9 Å². The molecule has 0 aromatic heterocycles. The molecule has 23 rings (SSSR count). The summed E-state index contributed by atoms with van der Waals surface area (Å²) in [6.45, 7) is 75.0. The summed E-state index contributed by atoms with van der Waals surface area (Å²) in [5, 5.41) is 0. The van der Waals surface area contributed by atoms with Crippen LogP contribution < -0.4 is 18.9 Å². The lowest BCUT2D eigenvalue weighted by atomic mass is 9.78. The van der Waals surface area contributed by atoms with Crippen LogP contribution in [0, 0.1) is 166 Å². The summed E-state index contributed by atoms with van der Waals surface area (Å²) in [5.41, 5.74) is 72.3. The highest BCUT2D eigenvalue weighted by Crippen LogP contribution is 2.51. The van der Waals surface area contributed by atoms with E-state index in [2.05, 4.69) is 433 Å². The average Bonchev–Trinajstić information content (AvgIpc) is 0.736. The van der Waals surface area contributed by atoms with Crippen LogP contribution in [-0.4, -0.2) is 0 Å². The maximum atomic E-state index is 6.36. The molecule has 4 heteroatoms. The zero-order valence-corrected chi connectivity index (χ0v) is 95.7. The van der Waals surface area contributed by atoms with Gasteiger partial charge < -0.3 is 18.9 Å². The fraction of sp³-hybridized carbons (Fsp3) is 0.292. The van der Waals surface area contributed by atoms with E-state index in [-0.39, 0.29) is 0 Å². The Balaban J connectivity index is 0.000000147. The van der Waals surface area contributed by atoms with Crippen molar-refractivity contribution in [3.63, 3.8) is 0 Å². The fourth-order valence-corrected chi connectivity index (χ4v) is 21.5. The van der Waals surface area contributed by atoms with E-state index in [0.717, 1.165) is 35.8 Å². The molecule has 0 bridgehead atoms. The molecule has 6 aliphatic rings. The lowest BCUT2D eigenvalue weighted by Crippen LogP contribution is -2.09. The average molecular weight is 1960 g/mol. The monoisotopic (exact) mass is 1960 g/mol. The number of ether oxygens (including phenoxy) is 4. The van der Waals surface area contributed by atoms with Gasteiger partial charge in [-0.05, 0) is 420 Å². The molecule has 0 amide bonds. The van der Waals surface area contributed by atoms with Crippen LogP contribution in [0.5, 0.6) is 23.0 Å². The fourth-order valence-electron chi connectivity index (χ4n) is 21.5. The Morgan fingerprint density at radius 3 is 0.473 bits per heavy atom. The van der Waals surface area contributed by atoms with E-state index >= 15 is 0 Å². The van der Waals surface area contributed by atoms with E-state index in [0.29, 0.717) is 26.4 Å². The highest BCUT2D eigenvalue weighted by molar-refractivity contribution is 5.89. The van der Waals surface area contributed by atoms with Gasteiger partial charge in [0.15, 0.2) is 0 Å². The molecule has 2 aliphatic carbocycles. The topological polar surface area (TPSA) is 36.9 Å². The van der Waals surface area contributed by atoms with Crippen molar-refractivity contribution in [3.05, 3.63) is 445 Å². The summed E-state index contributed by atoms with van der Waals surface area (Å²) in [7, 11) is 0. The van der Waals surface area contributed by atoms with E-state index in [1.807, 2.05) is 69.2 Å². The molecule has 0 radical (unpaired) electrons. The first-order valence-corrected chi connectivity index (χ1v) is 54.6. The van der Waals surface area contributed by atoms with Crippen LogP contribution in [-0.2, 0) is 52.1 Å². The van der Waals surface area contributed by atoms with Gasteiger partial charge in [-0.3, -0.25) is 0 Å². The Kier molecular flexibility index (Phi) is 37.3. The van der Waals surface area contributed by atoms with E-state index in [1.165, 1.54) is 302 Å². The molecular formula is C144H162O4. The number of fused-ring (bicyclic) bond motifs is 18. The molecule has 0 saturated carbocycles. The molecular weight excluding hydrogens is 1790 g/mol. The van der Waals surface area contributed by atoms with Gasteiger partial charge in [-0.2, -0.15) is 0 Å². The maximum Gasteiger partial charge on any atom is 0.131 e. The van der Waals surface area contributed by atoms with E-state index < -0.39 is 0 Å². The second-order valence-electron chi connectivity index (χ2n) is 39.9. The predicted molar refractivity (Wildman–Crippen MR) is 641 cm³/mol. The molecule has 0 saturated heterocycles. The van der Waals surface area contributed by atoms with Gasteiger partial charge in [0.2, 0.25) is 0 Å². The Morgan fingerprint density at radius 2 is 0.257 bits per heavy atom. The Labute approximate surface area is 890 Å². The summed E-state index contributed by atoms with van der Waals surface area (Å²) < 4.78 is 24.5. The van der Waals surface area contributed by atoms with Crippen LogP contribution in [0.25, 0.3) is 122 Å². The highest BCUT2D eigenvalue weighted by atomic mass is 16.5. The van der Waals surface area contributed by atoms with Crippen molar-refractivity contribution in [1.82, 2.24) is 0 Å². The zero-order chi connectivity index (χ0) is 107. The SMILES string of the molecule is CC.CC.CC.CC.CC.Cc1ccc(-c2ccc3c(c2C)CCc2c-3ccc(-c3ccc(C)cc3)c2C)cc1.Cc1ccc(-c2ccc3c(c2C)COc2c-3ccc(-c3ccc(C)cc3)c2C)cc1.Cc1ccc(-c2ccc3c(c2C)COc2c-3ccc(C)c2C)cc1.Cc1ccc2c(c1C)CCc1c-2ccc(C)c1C.Cc1ccc2c(c1C)COc1c-2ccc(C)c1C.Cc1ccc2c(c1C)COc1c-2ccc(C)c1C. The summed E-state index contributed by atoms with van der Waals surface area (Å²) in [6, 6.07) is 98.0. The largest absolute Gasteiger partial charge is 0.488 e. The number of aryl methyl sites for hydroxylation is 12. The van der Waals surface area contributed by atoms with Crippen molar-refractivity contribution in [3.8, 4) is 145 Å². The van der Waals surface area contributed by atoms with Crippen LogP contribution in [0.15, 0.2) is 267 Å². The second kappa shape index (κ2) is 49.6. The van der Waals surface area contributed by atoms with Crippen LogP contribution in [0.3, 0.4) is 0 Å². The Bertz CT molecular complexity index is 6780. The summed E-state index contributed by atoms with van der Waals surface area (Å²) >= 11 is 0. The van der Waals surface area contributed by atoms with Gasteiger partial charge >= 0.3 is 0 Å². The molecule has 4 aliphatic heterocycles. The zero-order valence-electron chi connectivity index (χ0n) is 95.7. The van der Waals surface area contributed by atoms with Crippen LogP contribution in [0.1, 0.15) is 247 Å². The van der Waals surface area contributed by atoms with Gasteiger partial charge in [0, 0.05) is 44.5 Å². The predicted octanol–water partition coefficient (Wildman–Crippen LogP) is 40.8. The van der Waals surface area contributed by atoms with Crippen LogP contribution in [0.2, 0.25) is 0 Å². The summed E-state index contributed by atoms with van der Waals surface area (Å²) in [5.74, 6) is 4.18. The minimum absolute atomic E-state index is 0.617. The Hall–Kier alpha value is -14.1. The molecule has 0 atom stereocenters. The molecule has 148 heavy (non-hydrogen) atoms. The lowest BCUT2D eigenvalue weighted by Gasteiger charge is -2.26. The first kappa shape index (κ1) is 111. The molecule has 0 spiro atoms. The van der Waals surface area contributed by atoms with Gasteiger partial charge in [-0.25, -0.2) is 0 Å². The third kappa shape index (κ3) is 23.0. The highest BCUT2D eigenvalue weighted by Gasteiger charge is 2.30. The van der Waals surface area contributed by atoms with Crippen molar-refractivity contribution in [2.45, 2.75) is 288 Å². The van der Waals surface area contributed by atoms with Crippen LogP contribution in [0.4, 0.5) is 0 Å². The molecule has 0 fully saturated rings. The third-order valence-electron chi connectivity index (χ3n) is 31.6. The van der Waals surface area contributed by atoms with E-state index in [9.17, 15) is 0 Å². The number of hydrogen-bond acceptors (Lipinski definition) is 4. The Morgan fingerprint density at radius 1 is 0.122 bits per heavy atom. The smallest absolute Gasteiger partial charge is 0.131 e. The molecule has 4 nitrogen and oxygen atoms in total. The quantitative estimate of drug-likeness (QED) is 0.172. The first-order valence-electron chi connectivity index (χ1n) is 54.6. The molecule has 17 aromatic rings. The number of rotatable bonds is 5. The second-order valence-corrected chi connectivity index (χ2v) is 39.9. The van der Waals surface area contributed by atoms with Crippen molar-refractivity contribution in [1.29, 1.82) is 0 Å². The van der Waals surface area contributed by atoms with Gasteiger partial charge in [0.25, 0.3) is 0 Å². The maximum absolute atomic E-state index is 6.36. The van der Waals surface area contributed by atoms with Crippen molar-refractivity contribution >= 4 is 0 Å². The van der Waals surface area contributed by atoms with Gasteiger partial charge in [-0.1, -0.05) is 364 Å². The minimum atomic E-state index is 0.617. The molecule has 17 aromatic carbocycles. The van der Waals surface area contributed by atoms with Gasteiger partial charge in [0.05, 0.1) is 0 Å². The minimum Gasteiger partial charge on any atom is -0.488 e. The molecule has 762 valence electrons. The standard InChI is InChI=1S/C30H28.C29H26O.C23H22O.C18H20.2C17H18O.5C2H6/c1-19-5-9-23(10-6-19)25-13-17-29-27(21(25)3)15-16-28-22(4)26(14-18-30(28)29)24-11-7-20(2)8-12-24;1-18-5-9-22(10-6-18)24-13-15-26-27-16-14-25(23-11-7-19(2)8-12-23)21(4)29(27)30-17-28(26)20(24)3;1-14-5-8-18(9-6-14)19-11-12-20-21-10-7-15(2)16(3)23(21)24-13-22(20)17(19)4;1-11-5-7-17-15(13(11)3)9-10-16-14(4)12(2)6-8-18(16)17;2*1-10-5-7-14-15-8-6-11(2)13(4)17(15)18-9-16(14)12(10)3;5*1-2/h5-14,17-18H,15-16H2,1-4H3;5-16H,17H2,1-4H3;5-12H,13H2,1-4H3;5-8H,9-10H2,1-4H3;2*5-8H,9H2,1-4H3;5*1-2H3. The van der Waals surface area contributed by atoms with Crippen molar-refractivity contribution in [2.75, 3.05) is 0 Å². The molecule has 0 N–H and O–H groups in total. The molecule has 0 unspecified atom stereocenters. The third-order valence-corrected chi connectivity index (χ3v) is 31.6. The van der Waals surface area contributed by atoms with Crippen molar-refractivity contribution in [2.24, 2.45) is 0 Å². The van der Waals surface area contributed by atoms with Crippen LogP contribution >= 0.6 is 0 Å². The van der Waals surface area contributed by atoms with Gasteiger partial charge in [0.1, 0.15) is 49.4 Å². The summed E-state index contributed by atoms with van der Waals surface area (Å²) in [6.07, 6.45) is 4.62. The van der Waals surface area contributed by atoms with E-state index in [1.54, 1.807) is 11.1 Å². The number of benzene rings is 17. The molecule has 4 heterocycles. The normalized spacial score (nSPS) is 11.9. The number of hydrogen-bond donors (Lipinski definition) is 0. The summed E-state index contributed by atoms with van der Waals surface area (Å²) in [4.78, 5) is 0. The van der Waals surface area contributed by atoms with Gasteiger partial charge in [-0.15, -0.1) is 0 Å².